The van der Waals surface area contributed by atoms with Gasteiger partial charge in [0.15, 0.2) is 0 Å². The first-order valence-corrected chi connectivity index (χ1v) is 9.34. The lowest BCUT2D eigenvalue weighted by molar-refractivity contribution is 0.0600. The molecule has 1 aliphatic rings. The van der Waals surface area contributed by atoms with Gasteiger partial charge < -0.3 is 15.0 Å². The number of nitrogens with one attached hydrogen (secondary N) is 1. The molecule has 1 fully saturated rings. The van der Waals surface area contributed by atoms with Crippen molar-refractivity contribution in [2.24, 2.45) is 0 Å². The molecule has 1 aliphatic heterocycles. The lowest BCUT2D eigenvalue weighted by Crippen LogP contribution is -2.25. The summed E-state index contributed by atoms with van der Waals surface area (Å²) in [6.07, 6.45) is 6.84. The summed E-state index contributed by atoms with van der Waals surface area (Å²) >= 11 is 0. The number of carbonyl (C=O) groups is 2. The molecule has 2 aromatic rings. The van der Waals surface area contributed by atoms with Crippen LogP contribution >= 0.6 is 0 Å². The monoisotopic (exact) mass is 367 g/mol. The quantitative estimate of drug-likeness (QED) is 0.822. The third-order valence-electron chi connectivity index (χ3n) is 4.76. The number of ether oxygens (including phenoxy) is 1. The van der Waals surface area contributed by atoms with Crippen molar-refractivity contribution in [3.05, 3.63) is 59.3 Å². The van der Waals surface area contributed by atoms with Crippen LogP contribution in [0.15, 0.2) is 42.6 Å². The van der Waals surface area contributed by atoms with Crippen molar-refractivity contribution in [1.29, 1.82) is 0 Å². The second kappa shape index (κ2) is 9.16. The number of methoxy groups -OCH3 is 1. The Labute approximate surface area is 159 Å². The van der Waals surface area contributed by atoms with Gasteiger partial charge in [-0.15, -0.1) is 0 Å². The summed E-state index contributed by atoms with van der Waals surface area (Å²) in [6.45, 7) is 2.53. The zero-order valence-corrected chi connectivity index (χ0v) is 15.6. The minimum Gasteiger partial charge on any atom is -0.465 e. The van der Waals surface area contributed by atoms with Crippen LogP contribution in [-0.2, 0) is 11.3 Å². The molecule has 1 aromatic heterocycles. The van der Waals surface area contributed by atoms with Gasteiger partial charge in [-0.25, -0.2) is 9.78 Å². The molecule has 3 rings (SSSR count). The van der Waals surface area contributed by atoms with E-state index >= 15 is 0 Å². The fraction of sp³-hybridized carbons (Fsp3) is 0.381. The molecular weight excluding hydrogens is 342 g/mol. The molecule has 0 aliphatic carbocycles. The van der Waals surface area contributed by atoms with E-state index in [1.165, 1.54) is 32.8 Å². The maximum Gasteiger partial charge on any atom is 0.337 e. The molecule has 27 heavy (non-hydrogen) atoms. The summed E-state index contributed by atoms with van der Waals surface area (Å²) in [4.78, 5) is 30.6. The third-order valence-corrected chi connectivity index (χ3v) is 4.76. The number of esters is 1. The van der Waals surface area contributed by atoms with E-state index < -0.39 is 5.97 Å². The number of pyridine rings is 1. The van der Waals surface area contributed by atoms with Gasteiger partial charge in [0.25, 0.3) is 5.91 Å². The third kappa shape index (κ3) is 5.06. The SMILES string of the molecule is COC(=O)c1ccc(C(=O)NCc2ccc(N3CCCCCC3)nc2)cc1. The average molecular weight is 367 g/mol. The molecule has 0 radical (unpaired) electrons. The Morgan fingerprint density at radius 3 is 2.26 bits per heavy atom. The first kappa shape index (κ1) is 18.9. The number of aromatic nitrogens is 1. The van der Waals surface area contributed by atoms with Crippen LogP contribution in [0.2, 0.25) is 0 Å². The van der Waals surface area contributed by atoms with Crippen LogP contribution in [0.1, 0.15) is 52.0 Å². The average Bonchev–Trinajstić information content (AvgIpc) is 3.01. The summed E-state index contributed by atoms with van der Waals surface area (Å²) in [5.74, 6) is 0.394. The highest BCUT2D eigenvalue weighted by Gasteiger charge is 2.12. The highest BCUT2D eigenvalue weighted by Crippen LogP contribution is 2.17. The largest absolute Gasteiger partial charge is 0.465 e. The van der Waals surface area contributed by atoms with Crippen LogP contribution in [0.5, 0.6) is 0 Å². The van der Waals surface area contributed by atoms with Gasteiger partial charge in [-0.1, -0.05) is 18.9 Å². The standard InChI is InChI=1S/C21H25N3O3/c1-27-21(26)18-9-7-17(8-10-18)20(25)23-15-16-6-11-19(22-14-16)24-12-4-2-3-5-13-24/h6-11,14H,2-5,12-13,15H2,1H3,(H,23,25). The van der Waals surface area contributed by atoms with Gasteiger partial charge in [-0.3, -0.25) is 4.79 Å². The summed E-state index contributed by atoms with van der Waals surface area (Å²) in [5.41, 5.74) is 1.87. The lowest BCUT2D eigenvalue weighted by Gasteiger charge is -2.21. The number of amides is 1. The number of nitrogens with zero attached hydrogens (tertiary/aromatic N) is 2. The van der Waals surface area contributed by atoms with Gasteiger partial charge in [0.2, 0.25) is 0 Å². The van der Waals surface area contributed by atoms with E-state index in [1.807, 2.05) is 18.3 Å². The molecule has 1 aromatic carbocycles. The minimum atomic E-state index is -0.419. The molecule has 1 saturated heterocycles. The summed E-state index contributed by atoms with van der Waals surface area (Å²) < 4.78 is 4.65. The zero-order valence-electron chi connectivity index (χ0n) is 15.6. The highest BCUT2D eigenvalue weighted by molar-refractivity contribution is 5.96. The van der Waals surface area contributed by atoms with E-state index in [1.54, 1.807) is 24.3 Å². The van der Waals surface area contributed by atoms with Crippen molar-refractivity contribution in [2.75, 3.05) is 25.1 Å². The minimum absolute atomic E-state index is 0.192. The van der Waals surface area contributed by atoms with Crippen molar-refractivity contribution in [1.82, 2.24) is 10.3 Å². The lowest BCUT2D eigenvalue weighted by atomic mass is 10.1. The predicted molar refractivity (Wildman–Crippen MR) is 104 cm³/mol. The van der Waals surface area contributed by atoms with E-state index in [4.69, 9.17) is 0 Å². The van der Waals surface area contributed by atoms with E-state index in [9.17, 15) is 9.59 Å². The van der Waals surface area contributed by atoms with E-state index in [0.29, 0.717) is 17.7 Å². The van der Waals surface area contributed by atoms with Gasteiger partial charge in [-0.05, 0) is 48.7 Å². The molecule has 0 saturated carbocycles. The Morgan fingerprint density at radius 2 is 1.67 bits per heavy atom. The van der Waals surface area contributed by atoms with E-state index in [2.05, 4.69) is 19.9 Å². The van der Waals surface area contributed by atoms with Crippen molar-refractivity contribution >= 4 is 17.7 Å². The zero-order chi connectivity index (χ0) is 19.1. The topological polar surface area (TPSA) is 71.5 Å². The maximum atomic E-state index is 12.3. The number of anilines is 1. The van der Waals surface area contributed by atoms with Crippen LogP contribution in [0.25, 0.3) is 0 Å². The van der Waals surface area contributed by atoms with Crippen LogP contribution in [-0.4, -0.2) is 37.1 Å². The molecule has 0 spiro atoms. The van der Waals surface area contributed by atoms with Gasteiger partial charge in [0, 0.05) is 31.4 Å². The Bertz CT molecular complexity index is 764. The first-order chi connectivity index (χ1) is 13.2. The van der Waals surface area contributed by atoms with Gasteiger partial charge in [0.05, 0.1) is 12.7 Å². The molecule has 2 heterocycles. The smallest absolute Gasteiger partial charge is 0.337 e. The second-order valence-electron chi connectivity index (χ2n) is 6.68. The van der Waals surface area contributed by atoms with Gasteiger partial charge in [-0.2, -0.15) is 0 Å². The number of hydrogen-bond donors (Lipinski definition) is 1. The molecule has 6 heteroatoms. The summed E-state index contributed by atoms with van der Waals surface area (Å²) in [6, 6.07) is 10.4. The van der Waals surface area contributed by atoms with Crippen molar-refractivity contribution in [3.63, 3.8) is 0 Å². The molecule has 0 atom stereocenters. The van der Waals surface area contributed by atoms with Gasteiger partial charge >= 0.3 is 5.97 Å². The Balaban J connectivity index is 1.54. The van der Waals surface area contributed by atoms with Crippen LogP contribution in [0.3, 0.4) is 0 Å². The molecule has 0 bridgehead atoms. The number of carbonyl (C=O) groups excluding carboxylic acids is 2. The molecule has 1 amide bonds. The molecule has 1 N–H and O–H groups in total. The normalized spacial score (nSPS) is 14.3. The fourth-order valence-electron chi connectivity index (χ4n) is 3.17. The predicted octanol–water partition coefficient (Wildman–Crippen LogP) is 3.18. The van der Waals surface area contributed by atoms with E-state index in [0.717, 1.165) is 24.5 Å². The molecule has 6 nitrogen and oxygen atoms in total. The first-order valence-electron chi connectivity index (χ1n) is 9.34. The van der Waals surface area contributed by atoms with Crippen molar-refractivity contribution in [2.45, 2.75) is 32.2 Å². The Kier molecular flexibility index (Phi) is 6.41. The molecular formula is C21H25N3O3. The van der Waals surface area contributed by atoms with Crippen molar-refractivity contribution < 1.29 is 14.3 Å². The molecule has 142 valence electrons. The molecule has 0 unspecified atom stereocenters. The van der Waals surface area contributed by atoms with Crippen LogP contribution in [0, 0.1) is 0 Å². The Hall–Kier alpha value is -2.89. The second-order valence-corrected chi connectivity index (χ2v) is 6.68. The fourth-order valence-corrected chi connectivity index (χ4v) is 3.17. The summed E-state index contributed by atoms with van der Waals surface area (Å²) in [5, 5.41) is 2.88. The van der Waals surface area contributed by atoms with Crippen molar-refractivity contribution in [3.8, 4) is 0 Å². The van der Waals surface area contributed by atoms with Crippen LogP contribution in [0.4, 0.5) is 5.82 Å². The Morgan fingerprint density at radius 1 is 1.00 bits per heavy atom. The van der Waals surface area contributed by atoms with E-state index in [-0.39, 0.29) is 5.91 Å². The maximum absolute atomic E-state index is 12.3. The number of hydrogen-bond acceptors (Lipinski definition) is 5. The highest BCUT2D eigenvalue weighted by atomic mass is 16.5. The van der Waals surface area contributed by atoms with Gasteiger partial charge in [0.1, 0.15) is 5.82 Å². The number of rotatable bonds is 5. The number of benzene rings is 1. The summed E-state index contributed by atoms with van der Waals surface area (Å²) in [7, 11) is 1.33. The van der Waals surface area contributed by atoms with Crippen LogP contribution < -0.4 is 10.2 Å².